The molecule has 0 aliphatic carbocycles. The van der Waals surface area contributed by atoms with E-state index in [1.54, 1.807) is 5.32 Å². The summed E-state index contributed by atoms with van der Waals surface area (Å²) in [4.78, 5) is 20.6. The Balaban J connectivity index is 4.35. The third-order valence-electron chi connectivity index (χ3n) is 1.72. The molecule has 0 aliphatic heterocycles. The van der Waals surface area contributed by atoms with Crippen LogP contribution in [0, 0.1) is 0 Å². The van der Waals surface area contributed by atoms with Crippen LogP contribution in [0.3, 0.4) is 0 Å². The van der Waals surface area contributed by atoms with E-state index in [2.05, 4.69) is 0 Å². The van der Waals surface area contributed by atoms with E-state index in [1.165, 1.54) is 0 Å². The molecule has 8 heteroatoms. The molecule has 0 spiro atoms. The summed E-state index contributed by atoms with van der Waals surface area (Å²) in [6, 6.07) is 0. The largest absolute Gasteiger partial charge is 0.394 e. The average molecular weight is 223 g/mol. The van der Waals surface area contributed by atoms with Crippen LogP contribution in [0.2, 0.25) is 0 Å². The number of hydrogen-bond donors (Lipinski definition) is 6. The lowest BCUT2D eigenvalue weighted by atomic mass is 10.0. The van der Waals surface area contributed by atoms with Crippen LogP contribution in [0.15, 0.2) is 0 Å². The molecule has 0 heterocycles. The maximum Gasteiger partial charge on any atom is 0.257 e. The molecule has 0 bridgehead atoms. The highest BCUT2D eigenvalue weighted by molar-refractivity contribution is 5.89. The summed E-state index contributed by atoms with van der Waals surface area (Å²) < 4.78 is 0. The van der Waals surface area contributed by atoms with Gasteiger partial charge in [0.15, 0.2) is 6.10 Å². The van der Waals surface area contributed by atoms with Crippen molar-refractivity contribution in [1.29, 1.82) is 0 Å². The Labute approximate surface area is 84.8 Å². The Bertz CT molecular complexity index is 221. The van der Waals surface area contributed by atoms with Crippen molar-refractivity contribution in [3.8, 4) is 0 Å². The molecule has 0 aromatic rings. The molecule has 2 amide bonds. The highest BCUT2D eigenvalue weighted by Gasteiger charge is 2.33. The monoisotopic (exact) mass is 223 g/mol. The Morgan fingerprint density at radius 1 is 1.20 bits per heavy atom. The SMILES string of the molecule is O=CNC(=O)[C@H](O)[C@@H](O)[C@H](O)[C@H](O)CO. The summed E-state index contributed by atoms with van der Waals surface area (Å²) in [7, 11) is 0. The van der Waals surface area contributed by atoms with Crippen LogP contribution >= 0.6 is 0 Å². The number of aliphatic hydroxyl groups excluding tert-OH is 5. The highest BCUT2D eigenvalue weighted by Crippen LogP contribution is 2.04. The first-order valence-corrected chi connectivity index (χ1v) is 4.02. The zero-order chi connectivity index (χ0) is 12.0. The van der Waals surface area contributed by atoms with Crippen molar-refractivity contribution in [2.45, 2.75) is 24.4 Å². The van der Waals surface area contributed by atoms with Crippen LogP contribution in [0.1, 0.15) is 0 Å². The molecule has 0 radical (unpaired) electrons. The molecule has 0 rings (SSSR count). The quantitative estimate of drug-likeness (QED) is 0.249. The lowest BCUT2D eigenvalue weighted by molar-refractivity contribution is -0.149. The van der Waals surface area contributed by atoms with Crippen molar-refractivity contribution >= 4 is 12.3 Å². The van der Waals surface area contributed by atoms with Crippen LogP contribution in [-0.2, 0) is 9.59 Å². The third-order valence-corrected chi connectivity index (χ3v) is 1.72. The maximum atomic E-state index is 10.8. The van der Waals surface area contributed by atoms with Gasteiger partial charge in [0, 0.05) is 0 Å². The molecule has 0 saturated heterocycles. The Kier molecular flexibility index (Phi) is 5.97. The number of amides is 2. The predicted octanol–water partition coefficient (Wildman–Crippen LogP) is -4.31. The lowest BCUT2D eigenvalue weighted by Gasteiger charge is -2.24. The fourth-order valence-corrected chi connectivity index (χ4v) is 0.821. The van der Waals surface area contributed by atoms with Crippen molar-refractivity contribution in [1.82, 2.24) is 5.32 Å². The normalized spacial score (nSPS) is 18.7. The Morgan fingerprint density at radius 3 is 2.13 bits per heavy atom. The molecule has 0 fully saturated rings. The Morgan fingerprint density at radius 2 is 1.73 bits per heavy atom. The molecule has 8 nitrogen and oxygen atoms in total. The van der Waals surface area contributed by atoms with Gasteiger partial charge in [-0.25, -0.2) is 0 Å². The number of hydrogen-bond acceptors (Lipinski definition) is 7. The summed E-state index contributed by atoms with van der Waals surface area (Å²) in [5.74, 6) is -1.22. The van der Waals surface area contributed by atoms with Crippen LogP contribution in [0.4, 0.5) is 0 Å². The predicted molar refractivity (Wildman–Crippen MR) is 45.3 cm³/mol. The molecule has 0 aromatic heterocycles. The molecule has 88 valence electrons. The van der Waals surface area contributed by atoms with E-state index in [1.807, 2.05) is 0 Å². The van der Waals surface area contributed by atoms with E-state index in [9.17, 15) is 9.59 Å². The van der Waals surface area contributed by atoms with Gasteiger partial charge in [0.2, 0.25) is 6.41 Å². The Hall–Kier alpha value is -1.06. The van der Waals surface area contributed by atoms with Gasteiger partial charge in [0.25, 0.3) is 5.91 Å². The van der Waals surface area contributed by atoms with E-state index >= 15 is 0 Å². The van der Waals surface area contributed by atoms with Crippen LogP contribution < -0.4 is 5.32 Å². The minimum absolute atomic E-state index is 0.00682. The second kappa shape index (κ2) is 6.43. The van der Waals surface area contributed by atoms with Gasteiger partial charge in [-0.05, 0) is 0 Å². The van der Waals surface area contributed by atoms with Gasteiger partial charge in [0.05, 0.1) is 6.61 Å². The molecule has 0 saturated carbocycles. The molecule has 4 atom stereocenters. The molecule has 0 aromatic carbocycles. The second-order valence-corrected chi connectivity index (χ2v) is 2.80. The third kappa shape index (κ3) is 3.90. The zero-order valence-electron chi connectivity index (χ0n) is 7.65. The number of carbonyl (C=O) groups is 2. The van der Waals surface area contributed by atoms with Crippen LogP contribution in [0.25, 0.3) is 0 Å². The summed E-state index contributed by atoms with van der Waals surface area (Å²) in [5, 5.41) is 46.1. The van der Waals surface area contributed by atoms with Gasteiger partial charge in [-0.1, -0.05) is 0 Å². The molecular weight excluding hydrogens is 210 g/mol. The van der Waals surface area contributed by atoms with E-state index in [0.717, 1.165) is 0 Å². The van der Waals surface area contributed by atoms with Gasteiger partial charge in [-0.2, -0.15) is 0 Å². The van der Waals surface area contributed by atoms with Crippen molar-refractivity contribution in [3.63, 3.8) is 0 Å². The lowest BCUT2D eigenvalue weighted by Crippen LogP contribution is -2.51. The minimum atomic E-state index is -2.08. The fourth-order valence-electron chi connectivity index (χ4n) is 0.821. The van der Waals surface area contributed by atoms with E-state index < -0.39 is 36.9 Å². The van der Waals surface area contributed by atoms with E-state index in [0.29, 0.717) is 0 Å². The topological polar surface area (TPSA) is 147 Å². The van der Waals surface area contributed by atoms with Gasteiger partial charge >= 0.3 is 0 Å². The minimum Gasteiger partial charge on any atom is -0.394 e. The van der Waals surface area contributed by atoms with Crippen LogP contribution in [0.5, 0.6) is 0 Å². The van der Waals surface area contributed by atoms with Gasteiger partial charge in [0.1, 0.15) is 18.3 Å². The molecule has 6 N–H and O–H groups in total. The number of rotatable bonds is 6. The van der Waals surface area contributed by atoms with Crippen molar-refractivity contribution in [2.75, 3.05) is 6.61 Å². The highest BCUT2D eigenvalue weighted by atomic mass is 16.4. The maximum absolute atomic E-state index is 10.8. The number of aliphatic hydroxyl groups is 5. The van der Waals surface area contributed by atoms with E-state index in [-0.39, 0.29) is 6.41 Å². The molecule has 0 unspecified atom stereocenters. The van der Waals surface area contributed by atoms with Gasteiger partial charge < -0.3 is 25.5 Å². The smallest absolute Gasteiger partial charge is 0.257 e. The summed E-state index contributed by atoms with van der Waals surface area (Å²) >= 11 is 0. The molecular formula is C7H13NO7. The van der Waals surface area contributed by atoms with Crippen molar-refractivity contribution in [2.24, 2.45) is 0 Å². The second-order valence-electron chi connectivity index (χ2n) is 2.80. The standard InChI is InChI=1S/C7H13NO7/c9-1-3(11)4(12)5(13)6(14)7(15)8-2-10/h2-6,9,11-14H,1H2,(H,8,10,15)/t3-,4-,5+,6-/m1/s1. The zero-order valence-corrected chi connectivity index (χ0v) is 7.65. The number of carbonyl (C=O) groups excluding carboxylic acids is 2. The number of imide groups is 1. The first-order valence-electron chi connectivity index (χ1n) is 4.02. The first kappa shape index (κ1) is 13.9. The molecule has 0 aliphatic rings. The van der Waals surface area contributed by atoms with Crippen molar-refractivity contribution in [3.05, 3.63) is 0 Å². The van der Waals surface area contributed by atoms with Crippen LogP contribution in [-0.4, -0.2) is 68.9 Å². The summed E-state index contributed by atoms with van der Waals surface area (Å²) in [6.07, 6.45) is -7.69. The van der Waals surface area contributed by atoms with Gasteiger partial charge in [-0.15, -0.1) is 0 Å². The molecule has 15 heavy (non-hydrogen) atoms. The van der Waals surface area contributed by atoms with E-state index in [4.69, 9.17) is 25.5 Å². The fraction of sp³-hybridized carbons (Fsp3) is 0.714. The first-order chi connectivity index (χ1) is 6.95. The van der Waals surface area contributed by atoms with Crippen molar-refractivity contribution < 1.29 is 35.1 Å². The van der Waals surface area contributed by atoms with Gasteiger partial charge in [-0.3, -0.25) is 14.9 Å². The summed E-state index contributed by atoms with van der Waals surface area (Å²) in [6.45, 7) is -0.847. The number of nitrogens with one attached hydrogen (secondary N) is 1. The average Bonchev–Trinajstić information content (AvgIpc) is 2.25. The summed E-state index contributed by atoms with van der Waals surface area (Å²) in [5.41, 5.74) is 0.